The van der Waals surface area contributed by atoms with Crippen LogP contribution < -0.4 is 5.32 Å². The number of hydrogen-bond acceptors (Lipinski definition) is 4. The minimum absolute atomic E-state index is 0.0155. The third-order valence-corrected chi connectivity index (χ3v) is 5.16. The minimum Gasteiger partial charge on any atom is -0.480 e. The number of carboxylic acid groups (broad SMARTS) is 1. The predicted octanol–water partition coefficient (Wildman–Crippen LogP) is 1.05. The van der Waals surface area contributed by atoms with E-state index >= 15 is 0 Å². The van der Waals surface area contributed by atoms with Crippen LogP contribution in [0.4, 0.5) is 0 Å². The Bertz CT molecular complexity index is 528. The number of carbonyl (C=O) groups excluding carboxylic acids is 1. The number of nitrogens with zero attached hydrogens (tertiary/aromatic N) is 1. The molecule has 5 nitrogen and oxygen atoms in total. The molecule has 3 rings (SSSR count). The third-order valence-electron chi connectivity index (χ3n) is 4.16. The summed E-state index contributed by atoms with van der Waals surface area (Å²) in [5.74, 6) is -1.09. The smallest absolute Gasteiger partial charge is 0.327 e. The van der Waals surface area contributed by atoms with Crippen LogP contribution in [0.25, 0.3) is 0 Å². The molecule has 2 atom stereocenters. The largest absolute Gasteiger partial charge is 0.480 e. The topological polar surface area (TPSA) is 69.6 Å². The van der Waals surface area contributed by atoms with E-state index in [2.05, 4.69) is 5.32 Å². The van der Waals surface area contributed by atoms with E-state index in [1.54, 1.807) is 16.2 Å². The standard InChI is InChI=1S/C14H18N2O3S/c17-13(16-6-5-15-8-11(16)14(18)19)10-2-1-3-12-9(10)4-7-20-12/h4,7,10-11,15H,1-3,5-6,8H2,(H,18,19). The average molecular weight is 294 g/mol. The summed E-state index contributed by atoms with van der Waals surface area (Å²) in [6, 6.07) is 1.29. The summed E-state index contributed by atoms with van der Waals surface area (Å²) in [5.41, 5.74) is 1.12. The second-order valence-corrected chi connectivity index (χ2v) is 6.33. The van der Waals surface area contributed by atoms with Crippen LogP contribution >= 0.6 is 11.3 Å². The molecule has 0 radical (unpaired) electrons. The van der Waals surface area contributed by atoms with E-state index in [0.717, 1.165) is 24.8 Å². The molecule has 0 spiro atoms. The Hall–Kier alpha value is -1.40. The maximum absolute atomic E-state index is 12.8. The van der Waals surface area contributed by atoms with Gasteiger partial charge in [0.05, 0.1) is 5.92 Å². The van der Waals surface area contributed by atoms with Crippen molar-refractivity contribution in [2.75, 3.05) is 19.6 Å². The van der Waals surface area contributed by atoms with Crippen molar-refractivity contribution in [1.29, 1.82) is 0 Å². The Morgan fingerprint density at radius 2 is 2.30 bits per heavy atom. The lowest BCUT2D eigenvalue weighted by molar-refractivity contribution is -0.152. The van der Waals surface area contributed by atoms with Crippen LogP contribution in [0.3, 0.4) is 0 Å². The molecule has 0 bridgehead atoms. The van der Waals surface area contributed by atoms with Gasteiger partial charge in [-0.3, -0.25) is 4.79 Å². The number of hydrogen-bond donors (Lipinski definition) is 2. The molecule has 1 aliphatic heterocycles. The predicted molar refractivity (Wildman–Crippen MR) is 76.0 cm³/mol. The van der Waals surface area contributed by atoms with E-state index in [-0.39, 0.29) is 11.8 Å². The molecule has 2 N–H and O–H groups in total. The van der Waals surface area contributed by atoms with Crippen molar-refractivity contribution >= 4 is 23.2 Å². The summed E-state index contributed by atoms with van der Waals surface area (Å²) in [6.45, 7) is 1.48. The summed E-state index contributed by atoms with van der Waals surface area (Å²) < 4.78 is 0. The molecule has 20 heavy (non-hydrogen) atoms. The van der Waals surface area contributed by atoms with Gasteiger partial charge in [0, 0.05) is 24.5 Å². The summed E-state index contributed by atoms with van der Waals surface area (Å²) in [7, 11) is 0. The van der Waals surface area contributed by atoms with Crippen LogP contribution in [-0.2, 0) is 16.0 Å². The van der Waals surface area contributed by atoms with Crippen molar-refractivity contribution in [3.8, 4) is 0 Å². The zero-order valence-corrected chi connectivity index (χ0v) is 12.0. The maximum Gasteiger partial charge on any atom is 0.327 e. The monoisotopic (exact) mass is 294 g/mol. The highest BCUT2D eigenvalue weighted by molar-refractivity contribution is 7.10. The summed E-state index contributed by atoms with van der Waals surface area (Å²) >= 11 is 1.70. The molecular weight excluding hydrogens is 276 g/mol. The van der Waals surface area contributed by atoms with Crippen molar-refractivity contribution in [3.63, 3.8) is 0 Å². The number of nitrogens with one attached hydrogen (secondary N) is 1. The Morgan fingerprint density at radius 3 is 3.10 bits per heavy atom. The van der Waals surface area contributed by atoms with Gasteiger partial charge >= 0.3 is 5.97 Å². The summed E-state index contributed by atoms with van der Waals surface area (Å²) in [6.07, 6.45) is 2.88. The van der Waals surface area contributed by atoms with Gasteiger partial charge in [-0.05, 0) is 36.3 Å². The molecule has 1 fully saturated rings. The molecule has 0 aromatic carbocycles. The zero-order valence-electron chi connectivity index (χ0n) is 11.2. The van der Waals surface area contributed by atoms with Gasteiger partial charge in [0.1, 0.15) is 6.04 Å². The SMILES string of the molecule is O=C(O)C1CNCCN1C(=O)C1CCCc2sccc21. The fraction of sp³-hybridized carbons (Fsp3) is 0.571. The summed E-state index contributed by atoms with van der Waals surface area (Å²) in [5, 5.41) is 14.4. The normalized spacial score (nSPS) is 26.1. The first kappa shape index (κ1) is 13.6. The van der Waals surface area contributed by atoms with E-state index in [1.807, 2.05) is 11.4 Å². The molecule has 2 heterocycles. The van der Waals surface area contributed by atoms with Gasteiger partial charge in [-0.1, -0.05) is 0 Å². The number of carbonyl (C=O) groups is 2. The molecule has 1 saturated heterocycles. The average Bonchev–Trinajstić information content (AvgIpc) is 2.94. The zero-order chi connectivity index (χ0) is 14.1. The molecule has 1 aromatic heterocycles. The number of rotatable bonds is 2. The first-order valence-corrected chi connectivity index (χ1v) is 7.86. The Labute approximate surface area is 121 Å². The lowest BCUT2D eigenvalue weighted by atomic mass is 9.86. The summed E-state index contributed by atoms with van der Waals surface area (Å²) in [4.78, 5) is 26.9. The number of thiophene rings is 1. The van der Waals surface area contributed by atoms with Crippen molar-refractivity contribution in [2.45, 2.75) is 31.2 Å². The van der Waals surface area contributed by atoms with Crippen LogP contribution in [0.15, 0.2) is 11.4 Å². The second kappa shape index (κ2) is 5.54. The van der Waals surface area contributed by atoms with E-state index in [1.165, 1.54) is 4.88 Å². The van der Waals surface area contributed by atoms with Crippen LogP contribution in [0.2, 0.25) is 0 Å². The van der Waals surface area contributed by atoms with Gasteiger partial charge in [0.2, 0.25) is 5.91 Å². The number of amides is 1. The van der Waals surface area contributed by atoms with Crippen molar-refractivity contribution in [2.24, 2.45) is 0 Å². The van der Waals surface area contributed by atoms with Gasteiger partial charge < -0.3 is 15.3 Å². The van der Waals surface area contributed by atoms with Gasteiger partial charge in [-0.2, -0.15) is 0 Å². The van der Waals surface area contributed by atoms with Crippen molar-refractivity contribution in [1.82, 2.24) is 10.2 Å². The maximum atomic E-state index is 12.8. The Balaban J connectivity index is 1.84. The van der Waals surface area contributed by atoms with Crippen LogP contribution in [0.5, 0.6) is 0 Å². The van der Waals surface area contributed by atoms with Gasteiger partial charge in [0.25, 0.3) is 0 Å². The third kappa shape index (κ3) is 2.33. The number of fused-ring (bicyclic) bond motifs is 1. The van der Waals surface area contributed by atoms with Gasteiger partial charge in [-0.25, -0.2) is 4.79 Å². The molecule has 108 valence electrons. The van der Waals surface area contributed by atoms with Crippen LogP contribution in [0, 0.1) is 0 Å². The fourth-order valence-corrected chi connectivity index (χ4v) is 4.12. The fourth-order valence-electron chi connectivity index (χ4n) is 3.13. The van der Waals surface area contributed by atoms with E-state index in [0.29, 0.717) is 19.6 Å². The molecule has 1 aromatic rings. The molecule has 2 unspecified atom stereocenters. The Morgan fingerprint density at radius 1 is 1.45 bits per heavy atom. The molecule has 0 saturated carbocycles. The van der Waals surface area contributed by atoms with E-state index < -0.39 is 12.0 Å². The Kier molecular flexibility index (Phi) is 3.76. The van der Waals surface area contributed by atoms with Gasteiger partial charge in [0.15, 0.2) is 0 Å². The number of piperazine rings is 1. The highest BCUT2D eigenvalue weighted by atomic mass is 32.1. The number of carboxylic acids is 1. The molecule has 2 aliphatic rings. The van der Waals surface area contributed by atoms with E-state index in [4.69, 9.17) is 0 Å². The lowest BCUT2D eigenvalue weighted by Crippen LogP contribution is -2.58. The quantitative estimate of drug-likeness (QED) is 0.855. The first-order valence-electron chi connectivity index (χ1n) is 6.98. The van der Waals surface area contributed by atoms with Crippen LogP contribution in [0.1, 0.15) is 29.2 Å². The minimum atomic E-state index is -0.924. The highest BCUT2D eigenvalue weighted by Gasteiger charge is 2.37. The van der Waals surface area contributed by atoms with Gasteiger partial charge in [-0.15, -0.1) is 11.3 Å². The van der Waals surface area contributed by atoms with Crippen molar-refractivity contribution < 1.29 is 14.7 Å². The number of aryl methyl sites for hydroxylation is 1. The number of aliphatic carboxylic acids is 1. The lowest BCUT2D eigenvalue weighted by Gasteiger charge is -2.36. The molecular formula is C14H18N2O3S. The second-order valence-electron chi connectivity index (χ2n) is 5.33. The highest BCUT2D eigenvalue weighted by Crippen LogP contribution is 2.36. The van der Waals surface area contributed by atoms with E-state index in [9.17, 15) is 14.7 Å². The molecule has 1 amide bonds. The van der Waals surface area contributed by atoms with Crippen LogP contribution in [-0.4, -0.2) is 47.6 Å². The molecule has 1 aliphatic carbocycles. The van der Waals surface area contributed by atoms with Crippen molar-refractivity contribution in [3.05, 3.63) is 21.9 Å². The molecule has 6 heteroatoms. The first-order chi connectivity index (χ1) is 9.68.